The van der Waals surface area contributed by atoms with Gasteiger partial charge in [0.15, 0.2) is 11.5 Å². The molecule has 1 aromatic heterocycles. The minimum atomic E-state index is 0.120. The maximum Gasteiger partial charge on any atom is 0.223 e. The number of nitrogens with zero attached hydrogens (tertiary/aromatic N) is 2. The van der Waals surface area contributed by atoms with Crippen LogP contribution in [-0.2, 0) is 0 Å². The normalized spacial score (nSPS) is 13.7. The van der Waals surface area contributed by atoms with Crippen molar-refractivity contribution in [2.24, 2.45) is 0 Å². The molecule has 2 heterocycles. The van der Waals surface area contributed by atoms with Gasteiger partial charge in [-0.25, -0.2) is 4.98 Å². The van der Waals surface area contributed by atoms with E-state index in [1.807, 2.05) is 18.2 Å². The van der Waals surface area contributed by atoms with Crippen LogP contribution >= 0.6 is 11.6 Å². The van der Waals surface area contributed by atoms with Crippen LogP contribution in [0.15, 0.2) is 24.3 Å². The topological polar surface area (TPSA) is 82.3 Å². The number of aromatic nitrogens is 2. The first kappa shape index (κ1) is 12.8. The summed E-state index contributed by atoms with van der Waals surface area (Å²) in [5.74, 6) is 2.10. The van der Waals surface area contributed by atoms with E-state index in [0.29, 0.717) is 24.8 Å². The van der Waals surface area contributed by atoms with Gasteiger partial charge >= 0.3 is 0 Å². The molecule has 0 amide bonds. The summed E-state index contributed by atoms with van der Waals surface area (Å²) in [5.41, 5.74) is 6.36. The molecule has 0 aliphatic carbocycles. The Kier molecular flexibility index (Phi) is 3.47. The average molecular weight is 293 g/mol. The molecule has 7 heteroatoms. The average Bonchev–Trinajstić information content (AvgIpc) is 2.62. The van der Waals surface area contributed by atoms with Gasteiger partial charge in [0.25, 0.3) is 0 Å². The number of fused-ring (bicyclic) bond motifs is 1. The Balaban J connectivity index is 1.85. The van der Waals surface area contributed by atoms with Crippen LogP contribution in [0.5, 0.6) is 11.5 Å². The summed E-state index contributed by atoms with van der Waals surface area (Å²) in [6.45, 7) is 1.31. The van der Waals surface area contributed by atoms with E-state index in [1.165, 1.54) is 0 Å². The largest absolute Gasteiger partial charge is 0.490 e. The molecule has 3 N–H and O–H groups in total. The molecule has 0 bridgehead atoms. The lowest BCUT2D eigenvalue weighted by atomic mass is 10.2. The SMILES string of the molecule is Nc1nc(Cl)cc(Nc2ccc3c(c2)OCCCO3)n1. The number of hydrogen-bond acceptors (Lipinski definition) is 6. The van der Waals surface area contributed by atoms with Crippen molar-refractivity contribution in [3.05, 3.63) is 29.4 Å². The van der Waals surface area contributed by atoms with Crippen molar-refractivity contribution in [2.45, 2.75) is 6.42 Å². The number of rotatable bonds is 2. The van der Waals surface area contributed by atoms with Gasteiger partial charge in [-0.3, -0.25) is 0 Å². The van der Waals surface area contributed by atoms with E-state index in [-0.39, 0.29) is 11.1 Å². The van der Waals surface area contributed by atoms with Gasteiger partial charge in [-0.05, 0) is 12.1 Å². The van der Waals surface area contributed by atoms with Gasteiger partial charge in [0.05, 0.1) is 13.2 Å². The fourth-order valence-electron chi connectivity index (χ4n) is 1.89. The summed E-state index contributed by atoms with van der Waals surface area (Å²) >= 11 is 5.84. The molecule has 0 saturated carbocycles. The van der Waals surface area contributed by atoms with Crippen molar-refractivity contribution in [2.75, 3.05) is 24.3 Å². The van der Waals surface area contributed by atoms with E-state index in [0.717, 1.165) is 17.9 Å². The van der Waals surface area contributed by atoms with Crippen LogP contribution in [0.4, 0.5) is 17.5 Å². The smallest absolute Gasteiger partial charge is 0.223 e. The van der Waals surface area contributed by atoms with Crippen molar-refractivity contribution >= 4 is 29.1 Å². The molecule has 0 saturated heterocycles. The molecule has 3 rings (SSSR count). The Morgan fingerprint density at radius 3 is 2.70 bits per heavy atom. The minimum absolute atomic E-state index is 0.120. The lowest BCUT2D eigenvalue weighted by Crippen LogP contribution is -2.00. The second-order valence-corrected chi connectivity index (χ2v) is 4.66. The Morgan fingerprint density at radius 2 is 1.90 bits per heavy atom. The Labute approximate surface area is 120 Å². The van der Waals surface area contributed by atoms with Crippen molar-refractivity contribution in [3.63, 3.8) is 0 Å². The molecule has 0 unspecified atom stereocenters. The standard InChI is InChI=1S/C13H13ClN4O2/c14-11-7-12(18-13(15)17-11)16-8-2-3-9-10(6-8)20-5-1-4-19-9/h2-3,6-7H,1,4-5H2,(H3,15,16,17,18). The Morgan fingerprint density at radius 1 is 1.10 bits per heavy atom. The first-order valence-corrected chi connectivity index (χ1v) is 6.55. The lowest BCUT2D eigenvalue weighted by molar-refractivity contribution is 0.297. The summed E-state index contributed by atoms with van der Waals surface area (Å²) < 4.78 is 11.2. The number of hydrogen-bond donors (Lipinski definition) is 2. The zero-order chi connectivity index (χ0) is 13.9. The predicted octanol–water partition coefficient (Wildman–Crippen LogP) is 2.62. The van der Waals surface area contributed by atoms with Crippen LogP contribution < -0.4 is 20.5 Å². The fraction of sp³-hybridized carbons (Fsp3) is 0.231. The number of anilines is 3. The monoisotopic (exact) mass is 292 g/mol. The maximum absolute atomic E-state index is 5.84. The summed E-state index contributed by atoms with van der Waals surface area (Å²) in [4.78, 5) is 7.86. The summed E-state index contributed by atoms with van der Waals surface area (Å²) in [7, 11) is 0. The molecule has 0 fully saturated rings. The van der Waals surface area contributed by atoms with Crippen molar-refractivity contribution in [1.82, 2.24) is 9.97 Å². The molecule has 20 heavy (non-hydrogen) atoms. The predicted molar refractivity (Wildman–Crippen MR) is 76.8 cm³/mol. The number of nitrogens with two attached hydrogens (primary N) is 1. The van der Waals surface area contributed by atoms with Crippen LogP contribution in [0, 0.1) is 0 Å². The minimum Gasteiger partial charge on any atom is -0.490 e. The summed E-state index contributed by atoms with van der Waals surface area (Å²) in [6, 6.07) is 7.18. The van der Waals surface area contributed by atoms with E-state index in [2.05, 4.69) is 15.3 Å². The van der Waals surface area contributed by atoms with Gasteiger partial charge in [-0.2, -0.15) is 4.98 Å². The molecule has 0 spiro atoms. The number of nitrogen functional groups attached to an aromatic ring is 1. The van der Waals surface area contributed by atoms with Gasteiger partial charge in [0, 0.05) is 24.2 Å². The fourth-order valence-corrected chi connectivity index (χ4v) is 2.08. The molecule has 104 valence electrons. The molecule has 2 aromatic rings. The van der Waals surface area contributed by atoms with Crippen LogP contribution in [-0.4, -0.2) is 23.2 Å². The third-order valence-electron chi connectivity index (χ3n) is 2.73. The molecule has 1 aliphatic heterocycles. The van der Waals surface area contributed by atoms with E-state index in [9.17, 15) is 0 Å². The number of halogens is 1. The Hall–Kier alpha value is -2.21. The lowest BCUT2D eigenvalue weighted by Gasteiger charge is -2.11. The summed E-state index contributed by atoms with van der Waals surface area (Å²) in [5, 5.41) is 3.39. The molecule has 0 radical (unpaired) electrons. The quantitative estimate of drug-likeness (QED) is 0.828. The van der Waals surface area contributed by atoms with Gasteiger partial charge < -0.3 is 20.5 Å². The van der Waals surface area contributed by atoms with Crippen LogP contribution in [0.3, 0.4) is 0 Å². The van der Waals surface area contributed by atoms with Gasteiger partial charge in [-0.15, -0.1) is 0 Å². The third-order valence-corrected chi connectivity index (χ3v) is 2.93. The third kappa shape index (κ3) is 2.85. The highest BCUT2D eigenvalue weighted by Gasteiger charge is 2.11. The zero-order valence-corrected chi connectivity index (χ0v) is 11.4. The molecular weight excluding hydrogens is 280 g/mol. The second kappa shape index (κ2) is 5.42. The van der Waals surface area contributed by atoms with E-state index in [4.69, 9.17) is 26.8 Å². The second-order valence-electron chi connectivity index (χ2n) is 4.27. The van der Waals surface area contributed by atoms with Crippen molar-refractivity contribution in [1.29, 1.82) is 0 Å². The van der Waals surface area contributed by atoms with Crippen LogP contribution in [0.2, 0.25) is 5.15 Å². The van der Waals surface area contributed by atoms with Crippen LogP contribution in [0.25, 0.3) is 0 Å². The maximum atomic E-state index is 5.84. The number of ether oxygens (including phenoxy) is 2. The first-order valence-electron chi connectivity index (χ1n) is 6.17. The number of benzene rings is 1. The van der Waals surface area contributed by atoms with E-state index in [1.54, 1.807) is 6.07 Å². The molecule has 1 aromatic carbocycles. The zero-order valence-electron chi connectivity index (χ0n) is 10.6. The highest BCUT2D eigenvalue weighted by Crippen LogP contribution is 2.33. The first-order chi connectivity index (χ1) is 9.70. The molecule has 1 aliphatic rings. The molecule has 6 nitrogen and oxygen atoms in total. The molecular formula is C13H13ClN4O2. The van der Waals surface area contributed by atoms with Crippen LogP contribution in [0.1, 0.15) is 6.42 Å². The van der Waals surface area contributed by atoms with Gasteiger partial charge in [0.2, 0.25) is 5.95 Å². The highest BCUT2D eigenvalue weighted by molar-refractivity contribution is 6.29. The van der Waals surface area contributed by atoms with Crippen molar-refractivity contribution in [3.8, 4) is 11.5 Å². The van der Waals surface area contributed by atoms with Gasteiger partial charge in [-0.1, -0.05) is 11.6 Å². The molecule has 0 atom stereocenters. The van der Waals surface area contributed by atoms with Crippen molar-refractivity contribution < 1.29 is 9.47 Å². The number of nitrogens with one attached hydrogen (secondary N) is 1. The Bertz CT molecular complexity index is 616. The van der Waals surface area contributed by atoms with Gasteiger partial charge in [0.1, 0.15) is 11.0 Å². The highest BCUT2D eigenvalue weighted by atomic mass is 35.5. The summed E-state index contributed by atoms with van der Waals surface area (Å²) in [6.07, 6.45) is 0.871. The van der Waals surface area contributed by atoms with E-state index >= 15 is 0 Å². The van der Waals surface area contributed by atoms with E-state index < -0.39 is 0 Å².